The van der Waals surface area contributed by atoms with Crippen molar-refractivity contribution in [1.82, 2.24) is 14.9 Å². The highest BCUT2D eigenvalue weighted by Crippen LogP contribution is 1.99. The number of carbonyl (C=O) groups is 1. The van der Waals surface area contributed by atoms with Gasteiger partial charge in [0.05, 0.1) is 12.6 Å². The van der Waals surface area contributed by atoms with Crippen LogP contribution >= 0.6 is 27.5 Å². The minimum Gasteiger partial charge on any atom is -0.383 e. The summed E-state index contributed by atoms with van der Waals surface area (Å²) in [4.78, 5) is 11.5. The van der Waals surface area contributed by atoms with E-state index in [9.17, 15) is 4.79 Å². The fourth-order valence-corrected chi connectivity index (χ4v) is 1.63. The van der Waals surface area contributed by atoms with Gasteiger partial charge in [-0.25, -0.2) is 0 Å². The Balaban J connectivity index is 2.47. The molecule has 1 N–H and O–H groups in total. The zero-order valence-corrected chi connectivity index (χ0v) is 9.97. The smallest absolute Gasteiger partial charge is 0.273 e. The maximum Gasteiger partial charge on any atom is 0.273 e. The number of hydrogen-bond acceptors (Lipinski definition) is 5. The Hall–Kier alpha value is -0.530. The molecular formula is C7H10BrN3O2S. The first kappa shape index (κ1) is 11.5. The van der Waals surface area contributed by atoms with E-state index in [4.69, 9.17) is 4.74 Å². The molecule has 14 heavy (non-hydrogen) atoms. The molecule has 0 spiro atoms. The van der Waals surface area contributed by atoms with Crippen LogP contribution in [0.15, 0.2) is 5.38 Å². The zero-order valence-electron chi connectivity index (χ0n) is 7.57. The van der Waals surface area contributed by atoms with Crippen LogP contribution in [0.2, 0.25) is 0 Å². The van der Waals surface area contributed by atoms with Crippen molar-refractivity contribution < 1.29 is 9.53 Å². The SMILES string of the molecule is COCC(CBr)NC(=O)c1csnn1. The molecule has 0 aliphatic heterocycles. The molecule has 78 valence electrons. The molecule has 5 nitrogen and oxygen atoms in total. The van der Waals surface area contributed by atoms with Crippen LogP contribution in [0, 0.1) is 0 Å². The first-order valence-corrected chi connectivity index (χ1v) is 5.86. The monoisotopic (exact) mass is 279 g/mol. The van der Waals surface area contributed by atoms with Gasteiger partial charge in [0, 0.05) is 17.8 Å². The van der Waals surface area contributed by atoms with E-state index in [0.29, 0.717) is 17.6 Å². The van der Waals surface area contributed by atoms with Crippen molar-refractivity contribution in [2.75, 3.05) is 19.0 Å². The third kappa shape index (κ3) is 3.32. The van der Waals surface area contributed by atoms with Gasteiger partial charge in [-0.05, 0) is 11.5 Å². The highest BCUT2D eigenvalue weighted by Gasteiger charge is 2.14. The Kier molecular flexibility index (Phi) is 4.99. The fourth-order valence-electron chi connectivity index (χ4n) is 0.849. The van der Waals surface area contributed by atoms with E-state index in [2.05, 4.69) is 30.8 Å². The summed E-state index contributed by atoms with van der Waals surface area (Å²) < 4.78 is 8.55. The quantitative estimate of drug-likeness (QED) is 0.805. The van der Waals surface area contributed by atoms with Gasteiger partial charge in [-0.1, -0.05) is 20.4 Å². The van der Waals surface area contributed by atoms with Crippen molar-refractivity contribution in [3.63, 3.8) is 0 Å². The van der Waals surface area contributed by atoms with E-state index in [1.807, 2.05) is 0 Å². The fraction of sp³-hybridized carbons (Fsp3) is 0.571. The summed E-state index contributed by atoms with van der Waals surface area (Å²) in [6, 6.07) is -0.0470. The lowest BCUT2D eigenvalue weighted by Gasteiger charge is -2.13. The summed E-state index contributed by atoms with van der Waals surface area (Å²) in [6.45, 7) is 0.467. The third-order valence-electron chi connectivity index (χ3n) is 1.48. The van der Waals surface area contributed by atoms with Crippen molar-refractivity contribution >= 4 is 33.4 Å². The number of hydrogen-bond donors (Lipinski definition) is 1. The number of nitrogens with one attached hydrogen (secondary N) is 1. The molecule has 0 aromatic carbocycles. The molecule has 0 bridgehead atoms. The predicted octanol–water partition coefficient (Wildman–Crippen LogP) is 0.678. The predicted molar refractivity (Wildman–Crippen MR) is 56.8 cm³/mol. The molecule has 1 aromatic heterocycles. The molecule has 1 heterocycles. The summed E-state index contributed by atoms with van der Waals surface area (Å²) in [5.74, 6) is -0.222. The second kappa shape index (κ2) is 6.05. The van der Waals surface area contributed by atoms with Crippen LogP contribution in [0.3, 0.4) is 0 Å². The number of ether oxygens (including phenoxy) is 1. The van der Waals surface area contributed by atoms with Crippen LogP contribution in [0.1, 0.15) is 10.5 Å². The van der Waals surface area contributed by atoms with Gasteiger partial charge in [-0.3, -0.25) is 4.79 Å². The number of amides is 1. The lowest BCUT2D eigenvalue weighted by atomic mass is 10.3. The van der Waals surface area contributed by atoms with Crippen molar-refractivity contribution in [2.24, 2.45) is 0 Å². The number of methoxy groups -OCH3 is 1. The average Bonchev–Trinajstić information content (AvgIpc) is 2.69. The number of rotatable bonds is 5. The van der Waals surface area contributed by atoms with Gasteiger partial charge in [-0.2, -0.15) is 0 Å². The molecule has 0 aliphatic rings. The maximum absolute atomic E-state index is 11.5. The van der Waals surface area contributed by atoms with E-state index in [0.717, 1.165) is 11.5 Å². The topological polar surface area (TPSA) is 64.1 Å². The molecule has 1 amide bonds. The normalized spacial score (nSPS) is 12.4. The van der Waals surface area contributed by atoms with Crippen LogP contribution in [0.5, 0.6) is 0 Å². The molecule has 1 rings (SSSR count). The molecule has 1 atom stereocenters. The van der Waals surface area contributed by atoms with E-state index in [-0.39, 0.29) is 11.9 Å². The summed E-state index contributed by atoms with van der Waals surface area (Å²) in [7, 11) is 1.59. The molecule has 0 radical (unpaired) electrons. The molecular weight excluding hydrogens is 270 g/mol. The van der Waals surface area contributed by atoms with Gasteiger partial charge in [0.15, 0.2) is 5.69 Å². The Bertz CT molecular complexity index is 280. The highest BCUT2D eigenvalue weighted by molar-refractivity contribution is 9.09. The Morgan fingerprint density at radius 2 is 2.64 bits per heavy atom. The number of carbonyl (C=O) groups excluding carboxylic acids is 1. The maximum atomic E-state index is 11.5. The summed E-state index contributed by atoms with van der Waals surface area (Å²) >= 11 is 4.43. The molecule has 0 fully saturated rings. The number of aromatic nitrogens is 2. The van der Waals surface area contributed by atoms with Crippen LogP contribution in [0.4, 0.5) is 0 Å². The zero-order chi connectivity index (χ0) is 10.4. The average molecular weight is 280 g/mol. The van der Waals surface area contributed by atoms with Crippen molar-refractivity contribution in [1.29, 1.82) is 0 Å². The van der Waals surface area contributed by atoms with E-state index in [1.54, 1.807) is 12.5 Å². The third-order valence-corrected chi connectivity index (χ3v) is 2.77. The van der Waals surface area contributed by atoms with Gasteiger partial charge in [0.1, 0.15) is 0 Å². The number of nitrogens with zero attached hydrogens (tertiary/aromatic N) is 2. The summed E-state index contributed by atoms with van der Waals surface area (Å²) in [5.41, 5.74) is 0.344. The minimum atomic E-state index is -0.222. The molecule has 0 aliphatic carbocycles. The molecule has 0 saturated heterocycles. The van der Waals surface area contributed by atoms with Gasteiger partial charge in [0.2, 0.25) is 0 Å². The Morgan fingerprint density at radius 1 is 1.86 bits per heavy atom. The first-order chi connectivity index (χ1) is 6.77. The van der Waals surface area contributed by atoms with Crippen LogP contribution in [0.25, 0.3) is 0 Å². The molecule has 1 aromatic rings. The standard InChI is InChI=1S/C7H10BrN3O2S/c1-13-3-5(2-8)9-7(12)6-4-14-11-10-6/h4-5H,2-3H2,1H3,(H,9,12). The van der Waals surface area contributed by atoms with E-state index >= 15 is 0 Å². The van der Waals surface area contributed by atoms with Crippen molar-refractivity contribution in [3.8, 4) is 0 Å². The second-order valence-corrected chi connectivity index (χ2v) is 3.83. The Labute approximate surface area is 94.1 Å². The summed E-state index contributed by atoms with van der Waals surface area (Å²) in [5, 5.41) is 8.67. The van der Waals surface area contributed by atoms with E-state index in [1.165, 1.54) is 0 Å². The van der Waals surface area contributed by atoms with Gasteiger partial charge in [-0.15, -0.1) is 5.10 Å². The van der Waals surface area contributed by atoms with Gasteiger partial charge >= 0.3 is 0 Å². The minimum absolute atomic E-state index is 0.0470. The number of halogens is 1. The number of alkyl halides is 1. The van der Waals surface area contributed by atoms with Crippen LogP contribution in [-0.4, -0.2) is 40.6 Å². The van der Waals surface area contributed by atoms with Gasteiger partial charge < -0.3 is 10.1 Å². The van der Waals surface area contributed by atoms with Crippen molar-refractivity contribution in [2.45, 2.75) is 6.04 Å². The second-order valence-electron chi connectivity index (χ2n) is 2.57. The van der Waals surface area contributed by atoms with E-state index < -0.39 is 0 Å². The lowest BCUT2D eigenvalue weighted by Crippen LogP contribution is -2.39. The van der Waals surface area contributed by atoms with Crippen molar-refractivity contribution in [3.05, 3.63) is 11.1 Å². The highest BCUT2D eigenvalue weighted by atomic mass is 79.9. The molecule has 1 unspecified atom stereocenters. The molecule has 7 heteroatoms. The first-order valence-electron chi connectivity index (χ1n) is 3.90. The molecule has 0 saturated carbocycles. The summed E-state index contributed by atoms with van der Waals surface area (Å²) in [6.07, 6.45) is 0. The lowest BCUT2D eigenvalue weighted by molar-refractivity contribution is 0.0903. The van der Waals surface area contributed by atoms with Crippen LogP contribution in [-0.2, 0) is 4.74 Å². The van der Waals surface area contributed by atoms with Gasteiger partial charge in [0.25, 0.3) is 5.91 Å². The largest absolute Gasteiger partial charge is 0.383 e. The van der Waals surface area contributed by atoms with Crippen LogP contribution < -0.4 is 5.32 Å². The Morgan fingerprint density at radius 3 is 3.14 bits per heavy atom.